The summed E-state index contributed by atoms with van der Waals surface area (Å²) in [5.74, 6) is 1.13. The summed E-state index contributed by atoms with van der Waals surface area (Å²) < 4.78 is 5.64. The summed E-state index contributed by atoms with van der Waals surface area (Å²) in [6.07, 6.45) is 0.550. The fourth-order valence-electron chi connectivity index (χ4n) is 1.88. The van der Waals surface area contributed by atoms with E-state index in [0.29, 0.717) is 17.9 Å². The minimum atomic E-state index is -0.458. The van der Waals surface area contributed by atoms with Crippen LogP contribution in [0.1, 0.15) is 5.56 Å². The molecule has 0 saturated carbocycles. The van der Waals surface area contributed by atoms with Crippen LogP contribution in [0.2, 0.25) is 0 Å². The van der Waals surface area contributed by atoms with Gasteiger partial charge in [-0.3, -0.25) is 10.1 Å². The number of hydrogen-bond acceptors (Lipinski definition) is 5. The van der Waals surface area contributed by atoms with Crippen LogP contribution in [0.3, 0.4) is 0 Å². The molecule has 1 atom stereocenters. The Morgan fingerprint density at radius 3 is 2.52 bits per heavy atom. The summed E-state index contributed by atoms with van der Waals surface area (Å²) in [5, 5.41) is 19.5. The minimum Gasteiger partial charge on any atom is -0.457 e. The van der Waals surface area contributed by atoms with Gasteiger partial charge in [-0.1, -0.05) is 12.1 Å². The van der Waals surface area contributed by atoms with Gasteiger partial charge >= 0.3 is 0 Å². The second kappa shape index (κ2) is 6.83. The van der Waals surface area contributed by atoms with Gasteiger partial charge in [0.25, 0.3) is 5.69 Å². The maximum atomic E-state index is 10.6. The highest BCUT2D eigenvalue weighted by atomic mass is 16.6. The van der Waals surface area contributed by atoms with Gasteiger partial charge in [-0.25, -0.2) is 0 Å². The average Bonchev–Trinajstić information content (AvgIpc) is 2.48. The fourth-order valence-corrected chi connectivity index (χ4v) is 1.88. The standard InChI is InChI=1S/C15H16N2O4/c16-12(10-18)8-11-2-1-3-15(9-11)21-14-6-4-13(5-7-14)17(19)20/h1-7,9,12,18H,8,10,16H2. The van der Waals surface area contributed by atoms with E-state index >= 15 is 0 Å². The lowest BCUT2D eigenvalue weighted by Crippen LogP contribution is -2.26. The Bertz CT molecular complexity index is 613. The number of nitrogens with two attached hydrogens (primary N) is 1. The molecule has 2 rings (SSSR count). The molecule has 110 valence electrons. The Labute approximate surface area is 121 Å². The minimum absolute atomic E-state index is 0.0185. The molecule has 0 spiro atoms. The Balaban J connectivity index is 2.08. The lowest BCUT2D eigenvalue weighted by molar-refractivity contribution is -0.384. The number of ether oxygens (including phenoxy) is 1. The molecule has 1 unspecified atom stereocenters. The van der Waals surface area contributed by atoms with Crippen molar-refractivity contribution in [1.82, 2.24) is 0 Å². The van der Waals surface area contributed by atoms with Gasteiger partial charge in [0.2, 0.25) is 0 Å². The van der Waals surface area contributed by atoms with Crippen LogP contribution in [-0.2, 0) is 6.42 Å². The topological polar surface area (TPSA) is 98.6 Å². The number of hydrogen-bond donors (Lipinski definition) is 2. The van der Waals surface area contributed by atoms with Crippen molar-refractivity contribution in [2.75, 3.05) is 6.61 Å². The largest absolute Gasteiger partial charge is 0.457 e. The van der Waals surface area contributed by atoms with Crippen molar-refractivity contribution >= 4 is 5.69 Å². The number of nitro benzene ring substituents is 1. The van der Waals surface area contributed by atoms with E-state index in [2.05, 4.69) is 0 Å². The first-order chi connectivity index (χ1) is 10.1. The second-order valence-electron chi connectivity index (χ2n) is 4.65. The first-order valence-corrected chi connectivity index (χ1v) is 6.46. The molecular formula is C15H16N2O4. The number of benzene rings is 2. The first-order valence-electron chi connectivity index (χ1n) is 6.46. The zero-order valence-corrected chi connectivity index (χ0v) is 11.3. The highest BCUT2D eigenvalue weighted by Gasteiger charge is 2.06. The third-order valence-electron chi connectivity index (χ3n) is 2.91. The van der Waals surface area contributed by atoms with Gasteiger partial charge in [-0.2, -0.15) is 0 Å². The van der Waals surface area contributed by atoms with Gasteiger partial charge in [0.15, 0.2) is 0 Å². The first kappa shape index (κ1) is 15.0. The van der Waals surface area contributed by atoms with E-state index in [9.17, 15) is 10.1 Å². The van der Waals surface area contributed by atoms with Crippen LogP contribution in [0.25, 0.3) is 0 Å². The summed E-state index contributed by atoms with van der Waals surface area (Å²) in [6, 6.07) is 12.9. The molecule has 0 bridgehead atoms. The van der Waals surface area contributed by atoms with Gasteiger partial charge in [-0.05, 0) is 36.2 Å². The third-order valence-corrected chi connectivity index (χ3v) is 2.91. The Kier molecular flexibility index (Phi) is 4.86. The van der Waals surface area contributed by atoms with Crippen molar-refractivity contribution in [3.63, 3.8) is 0 Å². The molecule has 0 fully saturated rings. The molecule has 0 saturated heterocycles. The summed E-state index contributed by atoms with van der Waals surface area (Å²) in [4.78, 5) is 10.1. The second-order valence-corrected chi connectivity index (χ2v) is 4.65. The molecule has 2 aromatic rings. The molecule has 21 heavy (non-hydrogen) atoms. The monoisotopic (exact) mass is 288 g/mol. The molecule has 0 radical (unpaired) electrons. The van der Waals surface area contributed by atoms with Crippen molar-refractivity contribution < 1.29 is 14.8 Å². The quantitative estimate of drug-likeness (QED) is 0.627. The van der Waals surface area contributed by atoms with Gasteiger partial charge in [0.05, 0.1) is 11.5 Å². The van der Waals surface area contributed by atoms with Gasteiger partial charge in [0, 0.05) is 18.2 Å². The van der Waals surface area contributed by atoms with Crippen LogP contribution in [0.15, 0.2) is 48.5 Å². The number of aliphatic hydroxyl groups is 1. The van der Waals surface area contributed by atoms with Crippen LogP contribution in [0, 0.1) is 10.1 Å². The van der Waals surface area contributed by atoms with Crippen molar-refractivity contribution in [2.24, 2.45) is 5.73 Å². The predicted molar refractivity (Wildman–Crippen MR) is 78.4 cm³/mol. The van der Waals surface area contributed by atoms with E-state index in [1.54, 1.807) is 18.2 Å². The number of aliphatic hydroxyl groups excluding tert-OH is 1. The molecule has 0 aliphatic heterocycles. The van der Waals surface area contributed by atoms with E-state index < -0.39 is 4.92 Å². The van der Waals surface area contributed by atoms with E-state index in [0.717, 1.165) is 5.56 Å². The highest BCUT2D eigenvalue weighted by molar-refractivity contribution is 5.39. The van der Waals surface area contributed by atoms with Crippen molar-refractivity contribution in [2.45, 2.75) is 12.5 Å². The SMILES string of the molecule is NC(CO)Cc1cccc(Oc2ccc([N+](=O)[O-])cc2)c1. The summed E-state index contributed by atoms with van der Waals surface area (Å²) in [6.45, 7) is -0.0760. The van der Waals surface area contributed by atoms with E-state index in [4.69, 9.17) is 15.6 Å². The number of non-ortho nitro benzene ring substituents is 1. The van der Waals surface area contributed by atoms with E-state index in [-0.39, 0.29) is 18.3 Å². The molecule has 0 aromatic heterocycles. The molecule has 6 heteroatoms. The van der Waals surface area contributed by atoms with Crippen LogP contribution in [0.5, 0.6) is 11.5 Å². The molecule has 3 N–H and O–H groups in total. The summed E-state index contributed by atoms with van der Waals surface area (Å²) in [5.41, 5.74) is 6.67. The zero-order chi connectivity index (χ0) is 15.2. The number of rotatable bonds is 6. The normalized spacial score (nSPS) is 11.9. The predicted octanol–water partition coefficient (Wildman–Crippen LogP) is 2.25. The lowest BCUT2D eigenvalue weighted by Gasteiger charge is -2.10. The number of nitro groups is 1. The number of nitrogens with zero attached hydrogens (tertiary/aromatic N) is 1. The summed E-state index contributed by atoms with van der Waals surface area (Å²) in [7, 11) is 0. The van der Waals surface area contributed by atoms with Crippen LogP contribution in [0.4, 0.5) is 5.69 Å². The fraction of sp³-hybridized carbons (Fsp3) is 0.200. The highest BCUT2D eigenvalue weighted by Crippen LogP contribution is 2.24. The van der Waals surface area contributed by atoms with Crippen LogP contribution >= 0.6 is 0 Å². The average molecular weight is 288 g/mol. The maximum Gasteiger partial charge on any atom is 0.269 e. The van der Waals surface area contributed by atoms with Crippen LogP contribution < -0.4 is 10.5 Å². The van der Waals surface area contributed by atoms with E-state index in [1.165, 1.54) is 12.1 Å². The van der Waals surface area contributed by atoms with Gasteiger partial charge < -0.3 is 15.6 Å². The Morgan fingerprint density at radius 2 is 1.90 bits per heavy atom. The lowest BCUT2D eigenvalue weighted by atomic mass is 10.1. The maximum absolute atomic E-state index is 10.6. The van der Waals surface area contributed by atoms with E-state index in [1.807, 2.05) is 18.2 Å². The molecule has 0 aliphatic rings. The van der Waals surface area contributed by atoms with Crippen molar-refractivity contribution in [3.05, 3.63) is 64.2 Å². The molecule has 0 amide bonds. The molecule has 0 heterocycles. The zero-order valence-electron chi connectivity index (χ0n) is 11.3. The Morgan fingerprint density at radius 1 is 1.19 bits per heavy atom. The van der Waals surface area contributed by atoms with Crippen molar-refractivity contribution in [1.29, 1.82) is 0 Å². The molecule has 0 aliphatic carbocycles. The summed E-state index contributed by atoms with van der Waals surface area (Å²) >= 11 is 0. The van der Waals surface area contributed by atoms with Gasteiger partial charge in [0.1, 0.15) is 11.5 Å². The molecule has 2 aromatic carbocycles. The molecule has 6 nitrogen and oxygen atoms in total. The smallest absolute Gasteiger partial charge is 0.269 e. The third kappa shape index (κ3) is 4.27. The van der Waals surface area contributed by atoms with Crippen LogP contribution in [-0.4, -0.2) is 22.7 Å². The van der Waals surface area contributed by atoms with Gasteiger partial charge in [-0.15, -0.1) is 0 Å². The molecular weight excluding hydrogens is 272 g/mol. The van der Waals surface area contributed by atoms with Crippen molar-refractivity contribution in [3.8, 4) is 11.5 Å². The Hall–Kier alpha value is -2.44.